The van der Waals surface area contributed by atoms with E-state index in [1.54, 1.807) is 0 Å². The molecule has 2 atom stereocenters. The van der Waals surface area contributed by atoms with Crippen molar-refractivity contribution in [1.82, 2.24) is 14.9 Å². The summed E-state index contributed by atoms with van der Waals surface area (Å²) in [5, 5.41) is 5.07. The molecule has 5 nitrogen and oxygen atoms in total. The number of pyridine rings is 1. The average molecular weight is 520 g/mol. The van der Waals surface area contributed by atoms with Gasteiger partial charge >= 0.3 is 0 Å². The van der Waals surface area contributed by atoms with Gasteiger partial charge in [0.15, 0.2) is 5.11 Å². The maximum absolute atomic E-state index is 6.91. The summed E-state index contributed by atoms with van der Waals surface area (Å²) in [5.41, 5.74) is 4.38. The minimum absolute atomic E-state index is 0.00666. The number of rotatable bonds is 5. The Morgan fingerprint density at radius 3 is 2.56 bits per heavy atom. The molecule has 3 fully saturated rings. The van der Waals surface area contributed by atoms with E-state index in [1.165, 1.54) is 44.1 Å². The van der Waals surface area contributed by atoms with Crippen molar-refractivity contribution in [2.45, 2.75) is 63.6 Å². The number of nitrogens with zero attached hydrogens (tertiary/aromatic N) is 4. The minimum atomic E-state index is -0.0415. The van der Waals surface area contributed by atoms with Crippen LogP contribution in [-0.2, 0) is 0 Å². The predicted octanol–water partition coefficient (Wildman–Crippen LogP) is 7.07. The van der Waals surface area contributed by atoms with Gasteiger partial charge in [0.2, 0.25) is 0 Å². The van der Waals surface area contributed by atoms with Crippen LogP contribution in [0.4, 0.5) is 11.4 Å². The van der Waals surface area contributed by atoms with Crippen molar-refractivity contribution in [3.63, 3.8) is 0 Å². The quantitative estimate of drug-likeness (QED) is 0.365. The van der Waals surface area contributed by atoms with Gasteiger partial charge in [0.25, 0.3) is 0 Å². The van der Waals surface area contributed by atoms with Crippen LogP contribution in [0, 0.1) is 5.92 Å². The molecule has 1 N–H and O–H groups in total. The first-order chi connectivity index (χ1) is 17.6. The molecule has 3 aromatic rings. The van der Waals surface area contributed by atoms with E-state index in [9.17, 15) is 0 Å². The predicted molar refractivity (Wildman–Crippen MR) is 152 cm³/mol. The lowest BCUT2D eigenvalue weighted by molar-refractivity contribution is 0.438. The third-order valence-corrected chi connectivity index (χ3v) is 8.87. The zero-order valence-electron chi connectivity index (χ0n) is 20.8. The average Bonchev–Trinajstić information content (AvgIpc) is 3.65. The van der Waals surface area contributed by atoms with E-state index < -0.39 is 0 Å². The third kappa shape index (κ3) is 4.50. The summed E-state index contributed by atoms with van der Waals surface area (Å²) in [6.07, 6.45) is 14.0. The second-order valence-corrected chi connectivity index (χ2v) is 11.4. The van der Waals surface area contributed by atoms with Gasteiger partial charge < -0.3 is 19.7 Å². The van der Waals surface area contributed by atoms with E-state index in [4.69, 9.17) is 28.8 Å². The van der Waals surface area contributed by atoms with Gasteiger partial charge in [-0.1, -0.05) is 37.4 Å². The summed E-state index contributed by atoms with van der Waals surface area (Å²) in [4.78, 5) is 9.35. The zero-order valence-corrected chi connectivity index (χ0v) is 22.4. The number of thiocarbonyl (C=S) groups is 1. The smallest absolute Gasteiger partial charge is 0.174 e. The van der Waals surface area contributed by atoms with Crippen molar-refractivity contribution in [1.29, 1.82) is 0 Å². The number of benzene rings is 1. The SMILES string of the molecule is CC1CCN(c2ccc(N3C(=S)N[C@H](c4ccccn4)[C@@H]3c3ccn(C4CCCC4)c3)cc2Cl)CC1. The molecule has 0 radical (unpaired) electrons. The van der Waals surface area contributed by atoms with Gasteiger partial charge in [0.1, 0.15) is 0 Å². The molecule has 6 rings (SSSR count). The molecule has 2 aromatic heterocycles. The maximum Gasteiger partial charge on any atom is 0.174 e. The van der Waals surface area contributed by atoms with Crippen LogP contribution in [0.5, 0.6) is 0 Å². The Morgan fingerprint density at radius 2 is 1.83 bits per heavy atom. The van der Waals surface area contributed by atoms with Crippen molar-refractivity contribution in [3.8, 4) is 0 Å². The minimum Gasteiger partial charge on any atom is -0.370 e. The maximum atomic E-state index is 6.91. The largest absolute Gasteiger partial charge is 0.370 e. The van der Waals surface area contributed by atoms with Crippen LogP contribution in [0.25, 0.3) is 0 Å². The topological polar surface area (TPSA) is 36.3 Å². The molecule has 0 spiro atoms. The van der Waals surface area contributed by atoms with Gasteiger partial charge in [-0.05, 0) is 85.8 Å². The second-order valence-electron chi connectivity index (χ2n) is 10.6. The summed E-state index contributed by atoms with van der Waals surface area (Å²) < 4.78 is 2.41. The highest BCUT2D eigenvalue weighted by atomic mass is 35.5. The highest BCUT2D eigenvalue weighted by Crippen LogP contribution is 2.44. The number of halogens is 1. The van der Waals surface area contributed by atoms with Crippen molar-refractivity contribution in [2.24, 2.45) is 5.92 Å². The Kier molecular flexibility index (Phi) is 6.65. The molecular weight excluding hydrogens is 486 g/mol. The first-order valence-electron chi connectivity index (χ1n) is 13.3. The number of hydrogen-bond acceptors (Lipinski definition) is 3. The van der Waals surface area contributed by atoms with Crippen molar-refractivity contribution < 1.29 is 0 Å². The van der Waals surface area contributed by atoms with E-state index in [2.05, 4.69) is 69.3 Å². The molecule has 7 heteroatoms. The van der Waals surface area contributed by atoms with Gasteiger partial charge in [-0.3, -0.25) is 4.98 Å². The number of hydrogen-bond donors (Lipinski definition) is 1. The van der Waals surface area contributed by atoms with Crippen molar-refractivity contribution in [2.75, 3.05) is 22.9 Å². The molecule has 0 unspecified atom stereocenters. The van der Waals surface area contributed by atoms with Crippen LogP contribution in [0.2, 0.25) is 5.02 Å². The first-order valence-corrected chi connectivity index (χ1v) is 14.1. The van der Waals surface area contributed by atoms with Gasteiger partial charge in [-0.25, -0.2) is 0 Å². The Morgan fingerprint density at radius 1 is 1.03 bits per heavy atom. The van der Waals surface area contributed by atoms with Crippen molar-refractivity contribution in [3.05, 3.63) is 77.3 Å². The normalized spacial score (nSPS) is 23.4. The highest BCUT2D eigenvalue weighted by molar-refractivity contribution is 7.80. The second kappa shape index (κ2) is 10.1. The molecule has 1 aliphatic carbocycles. The Balaban J connectivity index is 1.35. The lowest BCUT2D eigenvalue weighted by atomic mass is 9.98. The fourth-order valence-electron chi connectivity index (χ4n) is 6.16. The van der Waals surface area contributed by atoms with Crippen LogP contribution in [0.1, 0.15) is 74.8 Å². The lowest BCUT2D eigenvalue weighted by Gasteiger charge is -2.33. The van der Waals surface area contributed by atoms with E-state index in [1.807, 2.05) is 18.3 Å². The number of anilines is 2. The summed E-state index contributed by atoms with van der Waals surface area (Å²) in [6, 6.07) is 15.3. The van der Waals surface area contributed by atoms with E-state index >= 15 is 0 Å². The van der Waals surface area contributed by atoms with E-state index in [0.717, 1.165) is 41.1 Å². The number of piperidine rings is 1. The van der Waals surface area contributed by atoms with Crippen LogP contribution in [0.15, 0.2) is 61.1 Å². The highest BCUT2D eigenvalue weighted by Gasteiger charge is 2.41. The van der Waals surface area contributed by atoms with Gasteiger partial charge in [-0.15, -0.1) is 0 Å². The van der Waals surface area contributed by atoms with Crippen LogP contribution < -0.4 is 15.1 Å². The molecule has 0 amide bonds. The van der Waals surface area contributed by atoms with Crippen LogP contribution in [0.3, 0.4) is 0 Å². The molecule has 2 saturated heterocycles. The molecular formula is C29H34ClN5S. The zero-order chi connectivity index (χ0) is 24.6. The summed E-state index contributed by atoms with van der Waals surface area (Å²) in [7, 11) is 0. The fraction of sp³-hybridized carbons (Fsp3) is 0.448. The molecule has 3 aliphatic rings. The van der Waals surface area contributed by atoms with Gasteiger partial charge in [-0.2, -0.15) is 0 Å². The van der Waals surface area contributed by atoms with Gasteiger partial charge in [0, 0.05) is 43.4 Å². The molecule has 1 saturated carbocycles. The number of nitrogens with one attached hydrogen (secondary N) is 1. The van der Waals surface area contributed by atoms with Gasteiger partial charge in [0.05, 0.1) is 28.5 Å². The van der Waals surface area contributed by atoms with E-state index in [-0.39, 0.29) is 12.1 Å². The van der Waals surface area contributed by atoms with Crippen molar-refractivity contribution >= 4 is 40.3 Å². The molecule has 2 aliphatic heterocycles. The molecule has 188 valence electrons. The Hall–Kier alpha value is -2.57. The Bertz CT molecular complexity index is 1210. The third-order valence-electron chi connectivity index (χ3n) is 8.26. The number of aromatic nitrogens is 2. The van der Waals surface area contributed by atoms with E-state index in [0.29, 0.717) is 11.2 Å². The molecule has 4 heterocycles. The standard InChI is InChI=1S/C29H34ClN5S/c1-20-11-15-33(16-12-20)26-10-9-23(18-24(26)30)35-28(21-13-17-34(19-21)22-6-2-3-7-22)27(32-29(35)36)25-8-4-5-14-31-25/h4-5,8-10,13-14,17-20,22,27-28H,2-3,6-7,11-12,15-16H2,1H3,(H,32,36)/t27-,28+/m1/s1. The summed E-state index contributed by atoms with van der Waals surface area (Å²) in [5.74, 6) is 0.785. The molecule has 36 heavy (non-hydrogen) atoms. The molecule has 1 aromatic carbocycles. The first kappa shape index (κ1) is 23.8. The fourth-order valence-corrected chi connectivity index (χ4v) is 6.80. The summed E-state index contributed by atoms with van der Waals surface area (Å²) in [6.45, 7) is 4.45. The van der Waals surface area contributed by atoms with Crippen LogP contribution in [-0.4, -0.2) is 27.8 Å². The van der Waals surface area contributed by atoms with Crippen LogP contribution >= 0.6 is 23.8 Å². The molecule has 0 bridgehead atoms. The lowest BCUT2D eigenvalue weighted by Crippen LogP contribution is -2.33. The Labute approximate surface area is 224 Å². The monoisotopic (exact) mass is 519 g/mol. The summed E-state index contributed by atoms with van der Waals surface area (Å²) >= 11 is 12.8.